The molecule has 0 radical (unpaired) electrons. The molecule has 1 fully saturated rings. The molecular weight excluding hydrogens is 246 g/mol. The molecule has 1 unspecified atom stereocenters. The van der Waals surface area contributed by atoms with Crippen molar-refractivity contribution in [2.45, 2.75) is 19.4 Å². The molecule has 1 aliphatic rings. The van der Waals surface area contributed by atoms with Crippen LogP contribution >= 0.6 is 11.8 Å². The molecule has 0 saturated carbocycles. The molecule has 0 aromatic heterocycles. The zero-order valence-electron chi connectivity index (χ0n) is 10.8. The van der Waals surface area contributed by atoms with Crippen LogP contribution in [0.5, 0.6) is 0 Å². The van der Waals surface area contributed by atoms with E-state index < -0.39 is 0 Å². The third-order valence-corrected chi connectivity index (χ3v) is 4.48. The van der Waals surface area contributed by atoms with Gasteiger partial charge in [0.15, 0.2) is 0 Å². The second-order valence-electron chi connectivity index (χ2n) is 4.63. The van der Waals surface area contributed by atoms with Crippen LogP contribution in [0.3, 0.4) is 0 Å². The van der Waals surface area contributed by atoms with Crippen LogP contribution in [-0.4, -0.2) is 35.4 Å². The molecule has 1 aromatic carbocycles. The van der Waals surface area contributed by atoms with Gasteiger partial charge in [-0.05, 0) is 36.8 Å². The van der Waals surface area contributed by atoms with Crippen LogP contribution in [0.4, 0.5) is 5.69 Å². The van der Waals surface area contributed by atoms with E-state index in [4.69, 9.17) is 5.84 Å². The summed E-state index contributed by atoms with van der Waals surface area (Å²) in [5.74, 6) is 7.69. The summed E-state index contributed by atoms with van der Waals surface area (Å²) in [5, 5.41) is 0. The Labute approximate surface area is 112 Å². The van der Waals surface area contributed by atoms with E-state index in [-0.39, 0.29) is 5.91 Å². The summed E-state index contributed by atoms with van der Waals surface area (Å²) >= 11 is 1.90. The highest BCUT2D eigenvalue weighted by molar-refractivity contribution is 7.99. The molecule has 0 spiro atoms. The molecule has 1 heterocycles. The number of amides is 1. The number of benzene rings is 1. The van der Waals surface area contributed by atoms with Crippen molar-refractivity contribution in [3.8, 4) is 0 Å². The Bertz CT molecular complexity index is 444. The molecule has 18 heavy (non-hydrogen) atoms. The summed E-state index contributed by atoms with van der Waals surface area (Å²) in [4.78, 5) is 14.3. The lowest BCUT2D eigenvalue weighted by molar-refractivity contribution is 0.0749. The molecule has 4 nitrogen and oxygen atoms in total. The molecule has 98 valence electrons. The first-order valence-corrected chi connectivity index (χ1v) is 7.21. The molecule has 3 N–H and O–H groups in total. The van der Waals surface area contributed by atoms with E-state index in [9.17, 15) is 4.79 Å². The second-order valence-corrected chi connectivity index (χ2v) is 5.78. The monoisotopic (exact) mass is 265 g/mol. The van der Waals surface area contributed by atoms with Gasteiger partial charge in [-0.25, -0.2) is 0 Å². The van der Waals surface area contributed by atoms with E-state index in [0.29, 0.717) is 17.3 Å². The van der Waals surface area contributed by atoms with Crippen molar-refractivity contribution >= 4 is 23.4 Å². The number of nitrogen functional groups attached to an aromatic ring is 1. The number of rotatable bonds is 3. The van der Waals surface area contributed by atoms with Gasteiger partial charge in [-0.2, -0.15) is 11.8 Å². The Morgan fingerprint density at radius 1 is 1.56 bits per heavy atom. The normalized spacial score (nSPS) is 18.7. The smallest absolute Gasteiger partial charge is 0.256 e. The zero-order chi connectivity index (χ0) is 13.1. The lowest BCUT2D eigenvalue weighted by atomic mass is 10.1. The summed E-state index contributed by atoms with van der Waals surface area (Å²) in [6.45, 7) is 1.98. The van der Waals surface area contributed by atoms with Crippen LogP contribution in [-0.2, 0) is 0 Å². The van der Waals surface area contributed by atoms with E-state index in [0.717, 1.165) is 23.5 Å². The predicted octanol–water partition coefficient (Wildman–Crippen LogP) is 1.86. The van der Waals surface area contributed by atoms with Crippen molar-refractivity contribution in [1.82, 2.24) is 4.90 Å². The highest BCUT2D eigenvalue weighted by atomic mass is 32.2. The van der Waals surface area contributed by atoms with E-state index >= 15 is 0 Å². The van der Waals surface area contributed by atoms with Gasteiger partial charge in [-0.1, -0.05) is 6.07 Å². The molecular formula is C13H19N3OS. The number of hydrogen-bond acceptors (Lipinski definition) is 4. The van der Waals surface area contributed by atoms with Gasteiger partial charge in [0.05, 0.1) is 11.3 Å². The fourth-order valence-electron chi connectivity index (χ4n) is 2.15. The number of nitrogens with zero attached hydrogens (tertiary/aromatic N) is 1. The Morgan fingerprint density at radius 3 is 2.94 bits per heavy atom. The Kier molecular flexibility index (Phi) is 4.14. The van der Waals surface area contributed by atoms with Crippen LogP contribution in [0, 0.1) is 6.92 Å². The van der Waals surface area contributed by atoms with Gasteiger partial charge in [0, 0.05) is 18.8 Å². The molecule has 0 aliphatic carbocycles. The van der Waals surface area contributed by atoms with Crippen LogP contribution in [0.25, 0.3) is 0 Å². The lowest BCUT2D eigenvalue weighted by Crippen LogP contribution is -2.37. The average Bonchev–Trinajstić information content (AvgIpc) is 2.90. The predicted molar refractivity (Wildman–Crippen MR) is 76.8 cm³/mol. The number of aryl methyl sites for hydroxylation is 1. The van der Waals surface area contributed by atoms with Gasteiger partial charge < -0.3 is 10.3 Å². The maximum absolute atomic E-state index is 12.4. The van der Waals surface area contributed by atoms with Crippen molar-refractivity contribution in [2.75, 3.05) is 24.0 Å². The van der Waals surface area contributed by atoms with Crippen molar-refractivity contribution in [2.24, 2.45) is 5.84 Å². The highest BCUT2D eigenvalue weighted by Crippen LogP contribution is 2.24. The first-order chi connectivity index (χ1) is 8.63. The SMILES string of the molecule is Cc1ccc(C(=O)N(C)C2CCSC2)c(NN)c1. The molecule has 1 saturated heterocycles. The van der Waals surface area contributed by atoms with Crippen molar-refractivity contribution < 1.29 is 4.79 Å². The van der Waals surface area contributed by atoms with E-state index in [1.54, 1.807) is 0 Å². The largest absolute Gasteiger partial charge is 0.338 e. The second kappa shape index (κ2) is 5.63. The quantitative estimate of drug-likeness (QED) is 0.647. The van der Waals surface area contributed by atoms with E-state index in [1.807, 2.05) is 48.8 Å². The maximum atomic E-state index is 12.4. The van der Waals surface area contributed by atoms with E-state index in [2.05, 4.69) is 5.43 Å². The number of nitrogens with one attached hydrogen (secondary N) is 1. The summed E-state index contributed by atoms with van der Waals surface area (Å²) in [7, 11) is 1.87. The van der Waals surface area contributed by atoms with Gasteiger partial charge in [0.2, 0.25) is 0 Å². The van der Waals surface area contributed by atoms with Crippen molar-refractivity contribution in [3.05, 3.63) is 29.3 Å². The van der Waals surface area contributed by atoms with Crippen LogP contribution in [0.15, 0.2) is 18.2 Å². The van der Waals surface area contributed by atoms with Crippen molar-refractivity contribution in [3.63, 3.8) is 0 Å². The number of nitrogens with two attached hydrogens (primary N) is 1. The van der Waals surface area contributed by atoms with Gasteiger partial charge in [-0.15, -0.1) is 0 Å². The highest BCUT2D eigenvalue weighted by Gasteiger charge is 2.25. The fraction of sp³-hybridized carbons (Fsp3) is 0.462. The van der Waals surface area contributed by atoms with Crippen LogP contribution in [0.2, 0.25) is 0 Å². The van der Waals surface area contributed by atoms with Crippen LogP contribution in [0.1, 0.15) is 22.3 Å². The first kappa shape index (κ1) is 13.2. The number of carbonyl (C=O) groups is 1. The summed E-state index contributed by atoms with van der Waals surface area (Å²) in [6, 6.07) is 6.01. The third kappa shape index (κ3) is 2.62. The third-order valence-electron chi connectivity index (χ3n) is 3.33. The van der Waals surface area contributed by atoms with Gasteiger partial charge in [-0.3, -0.25) is 10.6 Å². The molecule has 2 rings (SSSR count). The van der Waals surface area contributed by atoms with Gasteiger partial charge in [0.25, 0.3) is 5.91 Å². The topological polar surface area (TPSA) is 58.4 Å². The number of hydrazine groups is 1. The maximum Gasteiger partial charge on any atom is 0.256 e. The number of hydrogen-bond donors (Lipinski definition) is 2. The number of anilines is 1. The van der Waals surface area contributed by atoms with E-state index in [1.165, 1.54) is 0 Å². The molecule has 0 bridgehead atoms. The van der Waals surface area contributed by atoms with Gasteiger partial charge in [0.1, 0.15) is 0 Å². The number of thioether (sulfide) groups is 1. The minimum Gasteiger partial charge on any atom is -0.338 e. The fourth-order valence-corrected chi connectivity index (χ4v) is 3.42. The Balaban J connectivity index is 2.22. The molecule has 1 amide bonds. The summed E-state index contributed by atoms with van der Waals surface area (Å²) in [5.41, 5.74) is 5.03. The summed E-state index contributed by atoms with van der Waals surface area (Å²) in [6.07, 6.45) is 1.07. The minimum absolute atomic E-state index is 0.0375. The molecule has 5 heteroatoms. The Hall–Kier alpha value is -1.20. The van der Waals surface area contributed by atoms with Gasteiger partial charge >= 0.3 is 0 Å². The lowest BCUT2D eigenvalue weighted by Gasteiger charge is -2.24. The zero-order valence-corrected chi connectivity index (χ0v) is 11.6. The Morgan fingerprint density at radius 2 is 2.33 bits per heavy atom. The molecule has 1 atom stereocenters. The number of carbonyl (C=O) groups excluding carboxylic acids is 1. The van der Waals surface area contributed by atoms with Crippen LogP contribution < -0.4 is 11.3 Å². The average molecular weight is 265 g/mol. The molecule has 1 aromatic rings. The standard InChI is InChI=1S/C13H19N3OS/c1-9-3-4-11(12(7-9)15-14)13(17)16(2)10-5-6-18-8-10/h3-4,7,10,15H,5-6,8,14H2,1-2H3. The summed E-state index contributed by atoms with van der Waals surface area (Å²) < 4.78 is 0. The first-order valence-electron chi connectivity index (χ1n) is 6.05. The van der Waals surface area contributed by atoms with Crippen molar-refractivity contribution in [1.29, 1.82) is 0 Å². The minimum atomic E-state index is 0.0375. The molecule has 1 aliphatic heterocycles.